The summed E-state index contributed by atoms with van der Waals surface area (Å²) in [5.74, 6) is 0.730. The van der Waals surface area contributed by atoms with Crippen molar-refractivity contribution in [2.24, 2.45) is 0 Å². The molecular formula is C27H34N4O4. The monoisotopic (exact) mass is 478 g/mol. The lowest BCUT2D eigenvalue weighted by atomic mass is 9.96. The van der Waals surface area contributed by atoms with Crippen molar-refractivity contribution in [3.63, 3.8) is 0 Å². The molecule has 1 atom stereocenters. The van der Waals surface area contributed by atoms with E-state index in [9.17, 15) is 9.59 Å². The molecule has 1 aliphatic heterocycles. The van der Waals surface area contributed by atoms with E-state index in [-0.39, 0.29) is 24.0 Å². The molecule has 1 saturated carbocycles. The van der Waals surface area contributed by atoms with Crippen molar-refractivity contribution in [2.75, 3.05) is 26.7 Å². The molecule has 2 aromatic heterocycles. The van der Waals surface area contributed by atoms with E-state index in [1.54, 1.807) is 13.4 Å². The van der Waals surface area contributed by atoms with Gasteiger partial charge < -0.3 is 28.8 Å². The van der Waals surface area contributed by atoms with Gasteiger partial charge in [-0.05, 0) is 49.6 Å². The van der Waals surface area contributed by atoms with E-state index in [0.29, 0.717) is 37.6 Å². The van der Waals surface area contributed by atoms with Crippen LogP contribution in [0.1, 0.15) is 55.1 Å². The van der Waals surface area contributed by atoms with Crippen molar-refractivity contribution in [1.29, 1.82) is 0 Å². The van der Waals surface area contributed by atoms with E-state index in [0.717, 1.165) is 29.5 Å². The molecule has 0 bridgehead atoms. The quantitative estimate of drug-likeness (QED) is 0.586. The van der Waals surface area contributed by atoms with E-state index in [2.05, 4.69) is 5.32 Å². The molecule has 3 aromatic rings. The number of methoxy groups -OCH3 is 1. The molecule has 1 saturated heterocycles. The summed E-state index contributed by atoms with van der Waals surface area (Å²) in [5, 5.41) is 4.11. The zero-order valence-electron chi connectivity index (χ0n) is 20.5. The largest absolute Gasteiger partial charge is 0.497 e. The van der Waals surface area contributed by atoms with Crippen molar-refractivity contribution < 1.29 is 18.7 Å². The van der Waals surface area contributed by atoms with Crippen LogP contribution in [0.3, 0.4) is 0 Å². The zero-order valence-corrected chi connectivity index (χ0v) is 20.5. The van der Waals surface area contributed by atoms with Gasteiger partial charge in [-0.1, -0.05) is 31.4 Å². The Labute approximate surface area is 205 Å². The van der Waals surface area contributed by atoms with Crippen LogP contribution in [-0.4, -0.2) is 65.1 Å². The van der Waals surface area contributed by atoms with Crippen LogP contribution in [0.5, 0.6) is 5.75 Å². The fourth-order valence-electron chi connectivity index (χ4n) is 5.37. The van der Waals surface area contributed by atoms with Crippen LogP contribution < -0.4 is 10.1 Å². The molecule has 186 valence electrons. The van der Waals surface area contributed by atoms with E-state index < -0.39 is 0 Å². The van der Waals surface area contributed by atoms with E-state index in [1.807, 2.05) is 57.7 Å². The molecule has 5 rings (SSSR count). The molecule has 2 fully saturated rings. The third-order valence-electron chi connectivity index (χ3n) is 7.30. The summed E-state index contributed by atoms with van der Waals surface area (Å²) >= 11 is 0. The molecule has 1 aliphatic carbocycles. The lowest BCUT2D eigenvalue weighted by Gasteiger charge is -2.40. The second-order valence-electron chi connectivity index (χ2n) is 9.73. The number of amides is 3. The van der Waals surface area contributed by atoms with Crippen molar-refractivity contribution in [2.45, 2.75) is 57.7 Å². The highest BCUT2D eigenvalue weighted by molar-refractivity contribution is 5.98. The molecule has 3 amide bonds. The minimum Gasteiger partial charge on any atom is -0.497 e. The third-order valence-corrected chi connectivity index (χ3v) is 7.30. The van der Waals surface area contributed by atoms with Crippen LogP contribution in [0.25, 0.3) is 11.1 Å². The van der Waals surface area contributed by atoms with Gasteiger partial charge in [-0.3, -0.25) is 4.79 Å². The minimum atomic E-state index is -0.0546. The third kappa shape index (κ3) is 4.88. The molecule has 35 heavy (non-hydrogen) atoms. The molecule has 3 heterocycles. The summed E-state index contributed by atoms with van der Waals surface area (Å²) in [7, 11) is 1.64. The van der Waals surface area contributed by atoms with E-state index in [1.165, 1.54) is 19.3 Å². The lowest BCUT2D eigenvalue weighted by Crippen LogP contribution is -2.58. The molecule has 0 radical (unpaired) electrons. The second-order valence-corrected chi connectivity index (χ2v) is 9.73. The Hall–Kier alpha value is -3.42. The number of furan rings is 1. The fourth-order valence-corrected chi connectivity index (χ4v) is 5.37. The number of urea groups is 1. The Bertz CT molecular complexity index is 1190. The van der Waals surface area contributed by atoms with Gasteiger partial charge in [0.15, 0.2) is 0 Å². The van der Waals surface area contributed by atoms with Crippen LogP contribution in [0.4, 0.5) is 4.79 Å². The van der Waals surface area contributed by atoms with Crippen LogP contribution >= 0.6 is 0 Å². The number of rotatable bonds is 5. The topological polar surface area (TPSA) is 80.0 Å². The predicted octanol–water partition coefficient (Wildman–Crippen LogP) is 4.48. The normalized spacial score (nSPS) is 19.2. The SMILES string of the molecule is COc1cccc(Cn2c(C(=O)N3CCN(C(=O)NC4CCCCC4)C(C)C3)cc3ccoc32)c1. The first-order chi connectivity index (χ1) is 17.0. The fraction of sp³-hybridized carbons (Fsp3) is 0.481. The maximum atomic E-state index is 13.7. The summed E-state index contributed by atoms with van der Waals surface area (Å²) < 4.78 is 13.0. The standard InChI is InChI=1S/C27H34N4O4/c1-19-17-29(12-13-30(19)27(33)28-22-8-4-3-5-9-22)25(32)24-16-21-11-14-35-26(21)31(24)18-20-7-6-10-23(15-20)34-2/h6-7,10-11,14-16,19,22H,3-5,8-9,12-13,17-18H2,1-2H3,(H,28,33). The van der Waals surface area contributed by atoms with Gasteiger partial charge in [-0.25, -0.2) is 4.79 Å². The van der Waals surface area contributed by atoms with Crippen LogP contribution in [0.15, 0.2) is 47.1 Å². The number of benzene rings is 1. The second kappa shape index (κ2) is 10.1. The average Bonchev–Trinajstić information content (AvgIpc) is 3.47. The molecule has 0 spiro atoms. The van der Waals surface area contributed by atoms with Crippen molar-refractivity contribution in [1.82, 2.24) is 19.7 Å². The van der Waals surface area contributed by atoms with Crippen LogP contribution in [0, 0.1) is 0 Å². The number of aromatic nitrogens is 1. The van der Waals surface area contributed by atoms with E-state index >= 15 is 0 Å². The molecule has 1 aromatic carbocycles. The number of carbonyl (C=O) groups is 2. The Balaban J connectivity index is 1.30. The van der Waals surface area contributed by atoms with Gasteiger partial charge in [0.05, 0.1) is 19.9 Å². The Morgan fingerprint density at radius 1 is 1.11 bits per heavy atom. The first-order valence-corrected chi connectivity index (χ1v) is 12.6. The van der Waals surface area contributed by atoms with Crippen molar-refractivity contribution in [3.05, 3.63) is 53.9 Å². The molecule has 2 aliphatic rings. The van der Waals surface area contributed by atoms with Crippen LogP contribution in [-0.2, 0) is 6.54 Å². The highest BCUT2D eigenvalue weighted by atomic mass is 16.5. The number of nitrogens with one attached hydrogen (secondary N) is 1. The Morgan fingerprint density at radius 3 is 2.71 bits per heavy atom. The summed E-state index contributed by atoms with van der Waals surface area (Å²) in [5.41, 5.74) is 2.29. The number of piperazine rings is 1. The summed E-state index contributed by atoms with van der Waals surface area (Å²) in [6, 6.07) is 11.8. The summed E-state index contributed by atoms with van der Waals surface area (Å²) in [6.45, 7) is 4.05. The molecular weight excluding hydrogens is 444 g/mol. The molecule has 1 unspecified atom stereocenters. The van der Waals surface area contributed by atoms with Gasteiger partial charge >= 0.3 is 6.03 Å². The molecule has 1 N–H and O–H groups in total. The number of ether oxygens (including phenoxy) is 1. The van der Waals surface area contributed by atoms with Gasteiger partial charge in [0.1, 0.15) is 11.4 Å². The van der Waals surface area contributed by atoms with Gasteiger partial charge in [0.25, 0.3) is 5.91 Å². The van der Waals surface area contributed by atoms with Gasteiger partial charge in [-0.2, -0.15) is 0 Å². The predicted molar refractivity (Wildman–Crippen MR) is 134 cm³/mol. The van der Waals surface area contributed by atoms with Gasteiger partial charge in [0.2, 0.25) is 5.71 Å². The Kier molecular flexibility index (Phi) is 6.70. The smallest absolute Gasteiger partial charge is 0.317 e. The van der Waals surface area contributed by atoms with Crippen molar-refractivity contribution in [3.8, 4) is 5.75 Å². The maximum absolute atomic E-state index is 13.7. The average molecular weight is 479 g/mol. The maximum Gasteiger partial charge on any atom is 0.317 e. The first-order valence-electron chi connectivity index (χ1n) is 12.6. The minimum absolute atomic E-state index is 0.00425. The number of nitrogens with zero attached hydrogens (tertiary/aromatic N) is 3. The number of fused-ring (bicyclic) bond motifs is 1. The number of hydrogen-bond donors (Lipinski definition) is 1. The van der Waals surface area contributed by atoms with Gasteiger partial charge in [0, 0.05) is 37.1 Å². The lowest BCUT2D eigenvalue weighted by molar-refractivity contribution is 0.0565. The molecule has 8 heteroatoms. The molecule has 8 nitrogen and oxygen atoms in total. The highest BCUT2D eigenvalue weighted by Crippen LogP contribution is 2.26. The summed E-state index contributed by atoms with van der Waals surface area (Å²) in [4.78, 5) is 30.3. The number of carbonyl (C=O) groups excluding carboxylic acids is 2. The summed E-state index contributed by atoms with van der Waals surface area (Å²) in [6.07, 6.45) is 7.39. The highest BCUT2D eigenvalue weighted by Gasteiger charge is 2.32. The Morgan fingerprint density at radius 2 is 1.94 bits per heavy atom. The number of hydrogen-bond acceptors (Lipinski definition) is 4. The van der Waals surface area contributed by atoms with E-state index in [4.69, 9.17) is 9.15 Å². The zero-order chi connectivity index (χ0) is 24.4. The van der Waals surface area contributed by atoms with Crippen LogP contribution in [0.2, 0.25) is 0 Å². The first kappa shape index (κ1) is 23.3. The van der Waals surface area contributed by atoms with Gasteiger partial charge in [-0.15, -0.1) is 0 Å². The van der Waals surface area contributed by atoms with Crippen molar-refractivity contribution >= 4 is 23.0 Å².